The van der Waals surface area contributed by atoms with Gasteiger partial charge in [-0.2, -0.15) is 4.98 Å². The van der Waals surface area contributed by atoms with Crippen molar-refractivity contribution in [1.82, 2.24) is 19.9 Å². The van der Waals surface area contributed by atoms with Gasteiger partial charge in [0.25, 0.3) is 0 Å². The minimum atomic E-state index is 0.550. The van der Waals surface area contributed by atoms with E-state index in [1.807, 2.05) is 6.07 Å². The summed E-state index contributed by atoms with van der Waals surface area (Å²) in [6.07, 6.45) is 5.24. The molecule has 0 N–H and O–H groups in total. The smallest absolute Gasteiger partial charge is 0.232 e. The molecule has 0 unspecified atom stereocenters. The Morgan fingerprint density at radius 3 is 2.24 bits per heavy atom. The molecule has 2 aromatic heterocycles. The topological polar surface area (TPSA) is 67.3 Å². The van der Waals surface area contributed by atoms with Crippen LogP contribution in [0.15, 0.2) is 29.1 Å². The molecule has 3 heterocycles. The Labute approximate surface area is 131 Å². The highest BCUT2D eigenvalue weighted by molar-refractivity contribution is 9.10. The van der Waals surface area contributed by atoms with Gasteiger partial charge in [-0.05, 0) is 22.0 Å². The maximum absolute atomic E-state index is 5.21. The summed E-state index contributed by atoms with van der Waals surface area (Å²) in [5, 5.41) is 0. The van der Waals surface area contributed by atoms with Gasteiger partial charge in [0.05, 0.1) is 17.8 Å². The third kappa shape index (κ3) is 3.05. The van der Waals surface area contributed by atoms with Crippen LogP contribution in [-0.4, -0.2) is 53.2 Å². The van der Waals surface area contributed by atoms with E-state index >= 15 is 0 Å². The van der Waals surface area contributed by atoms with Crippen molar-refractivity contribution < 1.29 is 4.74 Å². The fourth-order valence-corrected chi connectivity index (χ4v) is 2.55. The van der Waals surface area contributed by atoms with Crippen molar-refractivity contribution in [2.24, 2.45) is 0 Å². The van der Waals surface area contributed by atoms with Crippen LogP contribution in [0.4, 0.5) is 11.9 Å². The van der Waals surface area contributed by atoms with Crippen molar-refractivity contribution in [3.8, 4) is 5.88 Å². The first-order valence-corrected chi connectivity index (χ1v) is 7.40. The molecular formula is C13H15BrN6O. The molecule has 0 atom stereocenters. The second-order valence-corrected chi connectivity index (χ2v) is 5.40. The molecule has 21 heavy (non-hydrogen) atoms. The van der Waals surface area contributed by atoms with Crippen molar-refractivity contribution in [2.75, 3.05) is 43.1 Å². The van der Waals surface area contributed by atoms with E-state index in [4.69, 9.17) is 4.74 Å². The van der Waals surface area contributed by atoms with Crippen LogP contribution in [0.5, 0.6) is 5.88 Å². The molecule has 0 amide bonds. The number of aromatic nitrogens is 4. The second-order valence-electron chi connectivity index (χ2n) is 4.55. The van der Waals surface area contributed by atoms with Crippen LogP contribution < -0.4 is 14.5 Å². The summed E-state index contributed by atoms with van der Waals surface area (Å²) in [6.45, 7) is 3.32. The lowest BCUT2D eigenvalue weighted by atomic mass is 10.3. The van der Waals surface area contributed by atoms with E-state index in [0.29, 0.717) is 11.8 Å². The zero-order valence-electron chi connectivity index (χ0n) is 11.6. The molecule has 0 aromatic carbocycles. The quantitative estimate of drug-likeness (QED) is 0.827. The molecule has 0 bridgehead atoms. The fraction of sp³-hybridized carbons (Fsp3) is 0.385. The number of piperazine rings is 1. The van der Waals surface area contributed by atoms with E-state index < -0.39 is 0 Å². The first-order valence-electron chi connectivity index (χ1n) is 6.61. The predicted octanol–water partition coefficient (Wildman–Crippen LogP) is 1.36. The first-order chi connectivity index (χ1) is 10.3. The molecule has 1 aliphatic rings. The molecule has 7 nitrogen and oxygen atoms in total. The highest BCUT2D eigenvalue weighted by Gasteiger charge is 2.21. The molecule has 3 rings (SSSR count). The average Bonchev–Trinajstić information content (AvgIpc) is 2.56. The Kier molecular flexibility index (Phi) is 4.14. The normalized spacial score (nSPS) is 15.1. The Hall–Kier alpha value is -1.96. The summed E-state index contributed by atoms with van der Waals surface area (Å²) in [7, 11) is 1.60. The summed E-state index contributed by atoms with van der Waals surface area (Å²) in [5.74, 6) is 2.00. The van der Waals surface area contributed by atoms with Gasteiger partial charge in [0.2, 0.25) is 17.8 Å². The number of methoxy groups -OCH3 is 1. The highest BCUT2D eigenvalue weighted by Crippen LogP contribution is 2.24. The van der Waals surface area contributed by atoms with Gasteiger partial charge in [-0.1, -0.05) is 0 Å². The van der Waals surface area contributed by atoms with Crippen LogP contribution in [0.25, 0.3) is 0 Å². The van der Waals surface area contributed by atoms with Gasteiger partial charge in [-0.3, -0.25) is 0 Å². The van der Waals surface area contributed by atoms with Crippen molar-refractivity contribution in [1.29, 1.82) is 0 Å². The fourth-order valence-electron chi connectivity index (χ4n) is 2.20. The van der Waals surface area contributed by atoms with Crippen LogP contribution in [0, 0.1) is 0 Å². The number of ether oxygens (including phenoxy) is 1. The standard InChI is InChI=1S/C13H15BrN6O/c1-21-11-10(14)9-17-13(18-11)20-7-5-19(6-8-20)12-15-3-2-4-16-12/h2-4,9H,5-8H2,1H3. The summed E-state index contributed by atoms with van der Waals surface area (Å²) in [6, 6.07) is 1.82. The third-order valence-corrected chi connectivity index (χ3v) is 3.83. The average molecular weight is 351 g/mol. The molecule has 110 valence electrons. The largest absolute Gasteiger partial charge is 0.480 e. The predicted molar refractivity (Wildman–Crippen MR) is 82.7 cm³/mol. The van der Waals surface area contributed by atoms with Gasteiger partial charge in [0.1, 0.15) is 0 Å². The minimum absolute atomic E-state index is 0.550. The second kappa shape index (κ2) is 6.21. The molecule has 0 aliphatic carbocycles. The van der Waals surface area contributed by atoms with E-state index in [-0.39, 0.29) is 0 Å². The van der Waals surface area contributed by atoms with E-state index in [9.17, 15) is 0 Å². The Bertz CT molecular complexity index is 603. The summed E-state index contributed by atoms with van der Waals surface area (Å²) in [4.78, 5) is 21.6. The van der Waals surface area contributed by atoms with E-state index in [1.165, 1.54) is 0 Å². The van der Waals surface area contributed by atoms with Gasteiger partial charge in [-0.15, -0.1) is 0 Å². The van der Waals surface area contributed by atoms with E-state index in [2.05, 4.69) is 45.7 Å². The SMILES string of the molecule is COc1nc(N2CCN(c3ncccn3)CC2)ncc1Br. The first kappa shape index (κ1) is 14.0. The summed E-state index contributed by atoms with van der Waals surface area (Å²) < 4.78 is 5.97. The molecule has 0 spiro atoms. The molecule has 1 fully saturated rings. The van der Waals surface area contributed by atoms with Crippen molar-refractivity contribution in [3.63, 3.8) is 0 Å². The maximum atomic E-state index is 5.21. The molecule has 0 radical (unpaired) electrons. The molecule has 2 aromatic rings. The van der Waals surface area contributed by atoms with Crippen LogP contribution in [0.1, 0.15) is 0 Å². The Morgan fingerprint density at radius 1 is 1.00 bits per heavy atom. The third-order valence-electron chi connectivity index (χ3n) is 3.29. The molecule has 1 aliphatic heterocycles. The zero-order valence-corrected chi connectivity index (χ0v) is 13.2. The lowest BCUT2D eigenvalue weighted by Gasteiger charge is -2.34. The number of rotatable bonds is 3. The summed E-state index contributed by atoms with van der Waals surface area (Å²) >= 11 is 3.36. The number of hydrogen-bond donors (Lipinski definition) is 0. The lowest BCUT2D eigenvalue weighted by Crippen LogP contribution is -2.47. The van der Waals surface area contributed by atoms with Crippen LogP contribution in [-0.2, 0) is 0 Å². The van der Waals surface area contributed by atoms with Crippen molar-refractivity contribution >= 4 is 27.8 Å². The van der Waals surface area contributed by atoms with Crippen LogP contribution in [0.2, 0.25) is 0 Å². The lowest BCUT2D eigenvalue weighted by molar-refractivity contribution is 0.393. The zero-order chi connectivity index (χ0) is 14.7. The van der Waals surface area contributed by atoms with Crippen LogP contribution >= 0.6 is 15.9 Å². The maximum Gasteiger partial charge on any atom is 0.232 e. The molecule has 1 saturated heterocycles. The van der Waals surface area contributed by atoms with Gasteiger partial charge < -0.3 is 14.5 Å². The van der Waals surface area contributed by atoms with Crippen molar-refractivity contribution in [3.05, 3.63) is 29.1 Å². The monoisotopic (exact) mass is 350 g/mol. The van der Waals surface area contributed by atoms with Crippen LogP contribution in [0.3, 0.4) is 0 Å². The minimum Gasteiger partial charge on any atom is -0.480 e. The number of anilines is 2. The Balaban J connectivity index is 1.68. The molecular weight excluding hydrogens is 336 g/mol. The molecule has 8 heteroatoms. The summed E-state index contributed by atoms with van der Waals surface area (Å²) in [5.41, 5.74) is 0. The Morgan fingerprint density at radius 2 is 1.62 bits per heavy atom. The molecule has 0 saturated carbocycles. The van der Waals surface area contributed by atoms with Gasteiger partial charge in [0.15, 0.2) is 0 Å². The number of nitrogens with zero attached hydrogens (tertiary/aromatic N) is 6. The van der Waals surface area contributed by atoms with Gasteiger partial charge in [-0.25, -0.2) is 15.0 Å². The van der Waals surface area contributed by atoms with Gasteiger partial charge >= 0.3 is 0 Å². The van der Waals surface area contributed by atoms with E-state index in [1.54, 1.807) is 25.7 Å². The van der Waals surface area contributed by atoms with E-state index in [0.717, 1.165) is 36.6 Å². The highest BCUT2D eigenvalue weighted by atomic mass is 79.9. The van der Waals surface area contributed by atoms with Gasteiger partial charge in [0, 0.05) is 38.6 Å². The van der Waals surface area contributed by atoms with Crippen molar-refractivity contribution in [2.45, 2.75) is 0 Å². The number of halogens is 1. The number of hydrogen-bond acceptors (Lipinski definition) is 7.